The Morgan fingerprint density at radius 2 is 1.23 bits per heavy atom. The first kappa shape index (κ1) is 18.0. The number of fused-ring (bicyclic) bond motifs is 2. The summed E-state index contributed by atoms with van der Waals surface area (Å²) in [6.45, 7) is 0.570. The van der Waals surface area contributed by atoms with Crippen molar-refractivity contribution in [3.8, 4) is 0 Å². The fourth-order valence-corrected chi connectivity index (χ4v) is 3.28. The van der Waals surface area contributed by atoms with E-state index in [1.165, 1.54) is 0 Å². The number of para-hydroxylation sites is 2. The first-order chi connectivity index (χ1) is 14.8. The molecule has 0 saturated heterocycles. The van der Waals surface area contributed by atoms with E-state index in [-0.39, 0.29) is 19.2 Å². The van der Waals surface area contributed by atoms with Crippen LogP contribution in [0.5, 0.6) is 0 Å². The Balaban J connectivity index is 1.46. The van der Waals surface area contributed by atoms with Crippen molar-refractivity contribution in [2.45, 2.75) is 13.3 Å². The Kier molecular flexibility index (Phi) is 4.62. The number of nitrogens with one attached hydrogen (secondary N) is 1. The van der Waals surface area contributed by atoms with Crippen LogP contribution in [-0.4, -0.2) is 40.9 Å². The molecule has 148 valence electrons. The number of carbonyl (C=O) groups excluding carboxylic acids is 1. The van der Waals surface area contributed by atoms with Crippen LogP contribution in [-0.2, 0) is 13.3 Å². The van der Waals surface area contributed by atoms with Crippen LogP contribution in [0.3, 0.4) is 0 Å². The Morgan fingerprint density at radius 3 is 1.80 bits per heavy atom. The molecule has 2 aromatic heterocycles. The van der Waals surface area contributed by atoms with Crippen molar-refractivity contribution in [1.29, 1.82) is 0 Å². The number of carbonyl (C=O) groups is 1. The first-order valence-electron chi connectivity index (χ1n) is 9.45. The minimum absolute atomic E-state index is 0.218. The smallest absolute Gasteiger partial charge is 0.265 e. The van der Waals surface area contributed by atoms with Crippen molar-refractivity contribution in [2.75, 3.05) is 0 Å². The SMILES string of the molecule is O=C(NN(Cn1nnc2ccccc21)Cn1nnc2ccccc21)c1ccccc1. The highest BCUT2D eigenvalue weighted by atomic mass is 16.2. The molecule has 0 radical (unpaired) electrons. The van der Waals surface area contributed by atoms with Crippen LogP contribution in [0.2, 0.25) is 0 Å². The first-order valence-corrected chi connectivity index (χ1v) is 9.45. The molecule has 0 aliphatic heterocycles. The number of amides is 1. The lowest BCUT2D eigenvalue weighted by molar-refractivity contribution is 0.0585. The fourth-order valence-electron chi connectivity index (χ4n) is 3.28. The second-order valence-corrected chi connectivity index (χ2v) is 6.79. The number of nitrogens with zero attached hydrogens (tertiary/aromatic N) is 7. The van der Waals surface area contributed by atoms with Crippen molar-refractivity contribution in [3.63, 3.8) is 0 Å². The van der Waals surface area contributed by atoms with Crippen LogP contribution in [0.25, 0.3) is 22.1 Å². The zero-order valence-electron chi connectivity index (χ0n) is 16.0. The lowest BCUT2D eigenvalue weighted by Crippen LogP contribution is -2.44. The summed E-state index contributed by atoms with van der Waals surface area (Å²) in [7, 11) is 0. The van der Waals surface area contributed by atoms with E-state index < -0.39 is 0 Å². The lowest BCUT2D eigenvalue weighted by Gasteiger charge is -2.23. The van der Waals surface area contributed by atoms with Crippen LogP contribution in [0, 0.1) is 0 Å². The summed E-state index contributed by atoms with van der Waals surface area (Å²) in [6, 6.07) is 24.4. The van der Waals surface area contributed by atoms with Crippen LogP contribution in [0.4, 0.5) is 0 Å². The van der Waals surface area contributed by atoms with Crippen molar-refractivity contribution in [1.82, 2.24) is 40.4 Å². The molecule has 0 fully saturated rings. The van der Waals surface area contributed by atoms with Gasteiger partial charge in [0.2, 0.25) is 0 Å². The zero-order valence-corrected chi connectivity index (χ0v) is 16.0. The second-order valence-electron chi connectivity index (χ2n) is 6.79. The van der Waals surface area contributed by atoms with Gasteiger partial charge in [0, 0.05) is 5.56 Å². The Labute approximate surface area is 171 Å². The third kappa shape index (κ3) is 3.49. The minimum atomic E-state index is -0.218. The predicted octanol–water partition coefficient (Wildman–Crippen LogP) is 2.44. The fraction of sp³-hybridized carbons (Fsp3) is 0.0952. The van der Waals surface area contributed by atoms with Gasteiger partial charge < -0.3 is 0 Å². The third-order valence-electron chi connectivity index (χ3n) is 4.75. The van der Waals surface area contributed by atoms with Gasteiger partial charge in [-0.25, -0.2) is 9.36 Å². The van der Waals surface area contributed by atoms with Crippen molar-refractivity contribution in [2.24, 2.45) is 0 Å². The average molecular weight is 398 g/mol. The van der Waals surface area contributed by atoms with Crippen molar-refractivity contribution >= 4 is 28.0 Å². The van der Waals surface area contributed by atoms with E-state index in [0.29, 0.717) is 5.56 Å². The summed E-state index contributed by atoms with van der Waals surface area (Å²) < 4.78 is 3.47. The van der Waals surface area contributed by atoms with Gasteiger partial charge in [-0.05, 0) is 36.4 Å². The molecule has 5 rings (SSSR count). The molecule has 1 N–H and O–H groups in total. The van der Waals surface area contributed by atoms with E-state index in [9.17, 15) is 4.79 Å². The Bertz CT molecular complexity index is 1230. The summed E-state index contributed by atoms with van der Waals surface area (Å²) in [5.74, 6) is -0.218. The quantitative estimate of drug-likeness (QED) is 0.442. The molecule has 5 aromatic rings. The molecule has 9 heteroatoms. The average Bonchev–Trinajstić information content (AvgIpc) is 3.39. The summed E-state index contributed by atoms with van der Waals surface area (Å²) in [5.41, 5.74) is 6.85. The normalized spacial score (nSPS) is 11.4. The molecule has 0 bridgehead atoms. The molecule has 30 heavy (non-hydrogen) atoms. The number of aromatic nitrogens is 6. The Hall–Kier alpha value is -4.11. The highest BCUT2D eigenvalue weighted by molar-refractivity contribution is 5.93. The highest BCUT2D eigenvalue weighted by Crippen LogP contribution is 2.13. The summed E-state index contributed by atoms with van der Waals surface area (Å²) in [5, 5.41) is 18.6. The maximum absolute atomic E-state index is 12.8. The van der Waals surface area contributed by atoms with E-state index in [2.05, 4.69) is 26.0 Å². The van der Waals surface area contributed by atoms with E-state index in [0.717, 1.165) is 22.1 Å². The lowest BCUT2D eigenvalue weighted by atomic mass is 10.2. The maximum Gasteiger partial charge on any atom is 0.265 e. The van der Waals surface area contributed by atoms with Gasteiger partial charge in [-0.3, -0.25) is 10.2 Å². The second kappa shape index (κ2) is 7.72. The summed E-state index contributed by atoms with van der Waals surface area (Å²) >= 11 is 0. The number of hydrazine groups is 1. The largest absolute Gasteiger partial charge is 0.281 e. The number of hydrogen-bond acceptors (Lipinski definition) is 6. The van der Waals surface area contributed by atoms with Gasteiger partial charge in [-0.15, -0.1) is 10.2 Å². The van der Waals surface area contributed by atoms with Gasteiger partial charge in [-0.2, -0.15) is 5.01 Å². The molecular weight excluding hydrogens is 380 g/mol. The molecule has 0 atom stereocenters. The molecule has 1 amide bonds. The standard InChI is InChI=1S/C21H18N8O/c30-21(16-8-2-1-3-9-16)24-27(14-28-19-12-6-4-10-17(19)22-25-28)15-29-20-13-7-5-11-18(20)23-26-29/h1-13H,14-15H2,(H,24,30). The summed E-state index contributed by atoms with van der Waals surface area (Å²) in [4.78, 5) is 12.8. The van der Waals surface area contributed by atoms with Crippen LogP contribution in [0.15, 0.2) is 78.9 Å². The minimum Gasteiger partial charge on any atom is -0.281 e. The van der Waals surface area contributed by atoms with Crippen LogP contribution < -0.4 is 5.43 Å². The predicted molar refractivity (Wildman–Crippen MR) is 111 cm³/mol. The van der Waals surface area contributed by atoms with Gasteiger partial charge in [0.1, 0.15) is 24.4 Å². The van der Waals surface area contributed by atoms with Gasteiger partial charge in [0.15, 0.2) is 0 Å². The van der Waals surface area contributed by atoms with Gasteiger partial charge in [0.25, 0.3) is 5.91 Å². The molecule has 0 spiro atoms. The number of benzene rings is 3. The molecule has 0 aliphatic rings. The highest BCUT2D eigenvalue weighted by Gasteiger charge is 2.16. The van der Waals surface area contributed by atoms with E-state index in [1.807, 2.05) is 66.7 Å². The van der Waals surface area contributed by atoms with Gasteiger partial charge in [-0.1, -0.05) is 52.9 Å². The molecule has 9 nitrogen and oxygen atoms in total. The molecule has 2 heterocycles. The van der Waals surface area contributed by atoms with E-state index in [1.54, 1.807) is 26.5 Å². The van der Waals surface area contributed by atoms with Crippen LogP contribution >= 0.6 is 0 Å². The molecule has 3 aromatic carbocycles. The third-order valence-corrected chi connectivity index (χ3v) is 4.75. The Morgan fingerprint density at radius 1 is 0.733 bits per heavy atom. The number of rotatable bonds is 6. The molecule has 0 unspecified atom stereocenters. The zero-order chi connectivity index (χ0) is 20.3. The monoisotopic (exact) mass is 398 g/mol. The van der Waals surface area contributed by atoms with E-state index >= 15 is 0 Å². The van der Waals surface area contributed by atoms with Crippen molar-refractivity contribution < 1.29 is 4.79 Å². The van der Waals surface area contributed by atoms with Crippen molar-refractivity contribution in [3.05, 3.63) is 84.4 Å². The topological polar surface area (TPSA) is 93.8 Å². The van der Waals surface area contributed by atoms with Gasteiger partial charge >= 0.3 is 0 Å². The van der Waals surface area contributed by atoms with Gasteiger partial charge in [0.05, 0.1) is 11.0 Å². The summed E-state index contributed by atoms with van der Waals surface area (Å²) in [6.07, 6.45) is 0. The molecule has 0 aliphatic carbocycles. The van der Waals surface area contributed by atoms with E-state index in [4.69, 9.17) is 0 Å². The maximum atomic E-state index is 12.8. The molecular formula is C21H18N8O. The molecule has 0 saturated carbocycles. The van der Waals surface area contributed by atoms with Crippen LogP contribution in [0.1, 0.15) is 10.4 Å². The number of hydrogen-bond donors (Lipinski definition) is 1.